The van der Waals surface area contributed by atoms with Gasteiger partial charge < -0.3 is 9.64 Å². The molecule has 2 atom stereocenters. The van der Waals surface area contributed by atoms with E-state index >= 15 is 0 Å². The highest BCUT2D eigenvalue weighted by molar-refractivity contribution is 6.32. The first-order valence-corrected chi connectivity index (χ1v) is 7.59. The van der Waals surface area contributed by atoms with Gasteiger partial charge in [0.2, 0.25) is 0 Å². The molecule has 23 heavy (non-hydrogen) atoms. The van der Waals surface area contributed by atoms with E-state index in [1.54, 1.807) is 0 Å². The van der Waals surface area contributed by atoms with Gasteiger partial charge in [-0.1, -0.05) is 17.5 Å². The van der Waals surface area contributed by atoms with Crippen LogP contribution in [0.4, 0.5) is 14.9 Å². The lowest BCUT2D eigenvalue weighted by Gasteiger charge is -2.18. The number of hydrogen-bond acceptors (Lipinski definition) is 3. The maximum absolute atomic E-state index is 14.2. The Kier molecular flexibility index (Phi) is 4.09. The molecule has 3 rings (SSSR count). The van der Waals surface area contributed by atoms with Crippen LogP contribution in [0.15, 0.2) is 12.1 Å². The van der Waals surface area contributed by atoms with E-state index in [2.05, 4.69) is 5.92 Å². The molecule has 0 saturated carbocycles. The summed E-state index contributed by atoms with van der Waals surface area (Å²) in [6.45, 7) is 0.179. The Labute approximate surface area is 141 Å². The van der Waals surface area contributed by atoms with Gasteiger partial charge in [-0.15, -0.1) is 18.0 Å². The highest BCUT2D eigenvalue weighted by Crippen LogP contribution is 2.38. The van der Waals surface area contributed by atoms with Crippen LogP contribution in [0.3, 0.4) is 0 Å². The van der Waals surface area contributed by atoms with E-state index in [9.17, 15) is 14.0 Å². The number of hydrogen-bond donors (Lipinski definition) is 0. The van der Waals surface area contributed by atoms with E-state index in [-0.39, 0.29) is 35.0 Å². The largest absolute Gasteiger partial charge is 0.479 e. The molecule has 2 fully saturated rings. The zero-order chi connectivity index (χ0) is 16.7. The monoisotopic (exact) mass is 356 g/mol. The molecule has 5 nitrogen and oxygen atoms in total. The van der Waals surface area contributed by atoms with Gasteiger partial charge in [0, 0.05) is 12.6 Å². The van der Waals surface area contributed by atoms with Crippen molar-refractivity contribution < 1.29 is 18.7 Å². The van der Waals surface area contributed by atoms with Gasteiger partial charge >= 0.3 is 6.03 Å². The lowest BCUT2D eigenvalue weighted by atomic mass is 10.2. The van der Waals surface area contributed by atoms with Crippen molar-refractivity contribution >= 4 is 40.8 Å². The third-order valence-corrected chi connectivity index (χ3v) is 4.36. The van der Waals surface area contributed by atoms with Crippen molar-refractivity contribution in [2.45, 2.75) is 17.8 Å². The van der Waals surface area contributed by atoms with Gasteiger partial charge in [-0.25, -0.2) is 14.1 Å². The van der Waals surface area contributed by atoms with Gasteiger partial charge in [-0.3, -0.25) is 4.79 Å². The molecule has 2 aliphatic rings. The summed E-state index contributed by atoms with van der Waals surface area (Å²) in [5.74, 6) is 1.05. The molecule has 0 unspecified atom stereocenters. The summed E-state index contributed by atoms with van der Waals surface area (Å²) in [5.41, 5.74) is -0.211. The zero-order valence-electron chi connectivity index (χ0n) is 11.8. The number of carbonyl (C=O) groups excluding carboxylic acids is 2. The second-order valence-electron chi connectivity index (χ2n) is 5.18. The predicted molar refractivity (Wildman–Crippen MR) is 83.4 cm³/mol. The fourth-order valence-electron chi connectivity index (χ4n) is 2.74. The minimum Gasteiger partial charge on any atom is -0.479 e. The lowest BCUT2D eigenvalue weighted by Crippen LogP contribution is -2.35. The Balaban J connectivity index is 1.97. The molecule has 1 aromatic carbocycles. The molecule has 0 aromatic heterocycles. The van der Waals surface area contributed by atoms with E-state index in [1.165, 1.54) is 11.0 Å². The summed E-state index contributed by atoms with van der Waals surface area (Å²) in [6.07, 6.45) is 5.45. The van der Waals surface area contributed by atoms with Crippen LogP contribution in [0.25, 0.3) is 0 Å². The number of imide groups is 1. The summed E-state index contributed by atoms with van der Waals surface area (Å²) in [7, 11) is 0. The van der Waals surface area contributed by atoms with E-state index in [0.29, 0.717) is 6.42 Å². The maximum Gasteiger partial charge on any atom is 0.332 e. The Bertz CT molecular complexity index is 710. The first kappa shape index (κ1) is 15.9. The van der Waals surface area contributed by atoms with Crippen LogP contribution in [0.1, 0.15) is 6.42 Å². The van der Waals surface area contributed by atoms with Crippen molar-refractivity contribution in [3.8, 4) is 18.1 Å². The molecule has 0 radical (unpaired) electrons. The van der Waals surface area contributed by atoms with E-state index in [4.69, 9.17) is 34.4 Å². The number of halogens is 3. The normalized spacial score (nSPS) is 23.2. The lowest BCUT2D eigenvalue weighted by molar-refractivity contribution is -0.119. The first-order valence-electron chi connectivity index (χ1n) is 6.78. The average Bonchev–Trinajstić information content (AvgIpc) is 2.98. The maximum atomic E-state index is 14.2. The van der Waals surface area contributed by atoms with Gasteiger partial charge in [0.05, 0.1) is 16.1 Å². The first-order chi connectivity index (χ1) is 10.9. The summed E-state index contributed by atoms with van der Waals surface area (Å²) in [5, 5.41) is -0.276. The van der Waals surface area contributed by atoms with Crippen LogP contribution in [0, 0.1) is 18.2 Å². The smallest absolute Gasteiger partial charge is 0.332 e. The molecular weight excluding hydrogens is 346 g/mol. The number of ether oxygens (including phenoxy) is 1. The molecule has 120 valence electrons. The van der Waals surface area contributed by atoms with Crippen LogP contribution in [-0.2, 0) is 4.79 Å². The van der Waals surface area contributed by atoms with Crippen molar-refractivity contribution in [1.82, 2.24) is 4.90 Å². The summed E-state index contributed by atoms with van der Waals surface area (Å²) in [4.78, 5) is 27.0. The average molecular weight is 357 g/mol. The molecule has 1 aromatic rings. The number of alkyl halides is 1. The Hall–Kier alpha value is -1.97. The van der Waals surface area contributed by atoms with E-state index < -0.39 is 23.8 Å². The molecular formula is C15H11Cl2FN2O3. The van der Waals surface area contributed by atoms with Gasteiger partial charge in [-0.05, 0) is 12.5 Å². The van der Waals surface area contributed by atoms with Crippen LogP contribution in [0.2, 0.25) is 5.02 Å². The second-order valence-corrected chi connectivity index (χ2v) is 6.21. The van der Waals surface area contributed by atoms with Crippen molar-refractivity contribution in [2.75, 3.05) is 18.1 Å². The minimum absolute atomic E-state index is 0.00178. The van der Waals surface area contributed by atoms with Crippen LogP contribution in [-0.4, -0.2) is 41.4 Å². The standard InChI is InChI=1S/C15H11Cl2FN2O3/c1-2-3-23-13-6-11(10(18)5-9(13)17)20-14(21)12-4-8(16)7-19(12)15(20)22/h1,5-6,8,12H,3-4,7H2/t8-,12-/m0/s1. The third-order valence-electron chi connectivity index (χ3n) is 3.75. The minimum atomic E-state index is -0.798. The van der Waals surface area contributed by atoms with Gasteiger partial charge in [0.1, 0.15) is 24.2 Å². The van der Waals surface area contributed by atoms with Gasteiger partial charge in [-0.2, -0.15) is 0 Å². The molecule has 0 N–H and O–H groups in total. The fraction of sp³-hybridized carbons (Fsp3) is 0.333. The molecule has 3 amide bonds. The number of carbonyl (C=O) groups is 2. The number of terminal acetylenes is 1. The summed E-state index contributed by atoms with van der Waals surface area (Å²) in [6, 6.07) is 0.921. The Morgan fingerprint density at radius 2 is 2.17 bits per heavy atom. The molecule has 8 heteroatoms. The third kappa shape index (κ3) is 2.60. The van der Waals surface area contributed by atoms with Crippen molar-refractivity contribution in [2.24, 2.45) is 0 Å². The van der Waals surface area contributed by atoms with Crippen LogP contribution >= 0.6 is 23.2 Å². The highest BCUT2D eigenvalue weighted by Gasteiger charge is 2.51. The number of benzene rings is 1. The number of fused-ring (bicyclic) bond motifs is 1. The van der Waals surface area contributed by atoms with Gasteiger partial charge in [0.25, 0.3) is 5.91 Å². The molecule has 0 aliphatic carbocycles. The number of amides is 3. The van der Waals surface area contributed by atoms with Crippen LogP contribution < -0.4 is 9.64 Å². The zero-order valence-corrected chi connectivity index (χ0v) is 13.3. The Morgan fingerprint density at radius 3 is 2.83 bits per heavy atom. The Morgan fingerprint density at radius 1 is 1.43 bits per heavy atom. The van der Waals surface area contributed by atoms with Crippen LogP contribution in [0.5, 0.6) is 5.75 Å². The molecule has 0 bridgehead atoms. The predicted octanol–water partition coefficient (Wildman–Crippen LogP) is 2.64. The van der Waals surface area contributed by atoms with E-state index in [1.807, 2.05) is 0 Å². The van der Waals surface area contributed by atoms with Crippen molar-refractivity contribution in [3.63, 3.8) is 0 Å². The fourth-order valence-corrected chi connectivity index (χ4v) is 3.27. The quantitative estimate of drug-likeness (QED) is 0.475. The SMILES string of the molecule is C#CCOc1cc(N2C(=O)[C@@H]3C[C@H](Cl)CN3C2=O)c(F)cc1Cl. The molecule has 2 heterocycles. The summed E-state index contributed by atoms with van der Waals surface area (Å²) < 4.78 is 19.4. The number of nitrogens with zero attached hydrogens (tertiary/aromatic N) is 2. The number of rotatable bonds is 3. The summed E-state index contributed by atoms with van der Waals surface area (Å²) >= 11 is 11.9. The topological polar surface area (TPSA) is 49.9 Å². The number of anilines is 1. The van der Waals surface area contributed by atoms with Crippen molar-refractivity contribution in [3.05, 3.63) is 23.0 Å². The molecule has 2 saturated heterocycles. The number of urea groups is 1. The second kappa shape index (κ2) is 5.91. The van der Waals surface area contributed by atoms with E-state index in [0.717, 1.165) is 11.0 Å². The van der Waals surface area contributed by atoms with Crippen molar-refractivity contribution in [1.29, 1.82) is 0 Å². The molecule has 0 spiro atoms. The van der Waals surface area contributed by atoms with Gasteiger partial charge in [0.15, 0.2) is 0 Å². The molecule has 2 aliphatic heterocycles. The highest BCUT2D eigenvalue weighted by atomic mass is 35.5.